The van der Waals surface area contributed by atoms with Crippen molar-refractivity contribution in [1.82, 2.24) is 0 Å². The third kappa shape index (κ3) is 11.6. The lowest BCUT2D eigenvalue weighted by molar-refractivity contribution is -0.00000449. The predicted octanol–water partition coefficient (Wildman–Crippen LogP) is 3.99. The van der Waals surface area contributed by atoms with Crippen molar-refractivity contribution in [1.29, 1.82) is 0 Å². The fraction of sp³-hybridized carbons (Fsp3) is 1.00. The molecule has 0 atom stereocenters. The molecule has 0 unspecified atom stereocenters. The van der Waals surface area contributed by atoms with Gasteiger partial charge in [0.2, 0.25) is 0 Å². The Morgan fingerprint density at radius 2 is 0.850 bits per heavy atom. The highest BCUT2D eigenvalue weighted by Gasteiger charge is 2.33. The van der Waals surface area contributed by atoms with Gasteiger partial charge in [0.25, 0.3) is 0 Å². The van der Waals surface area contributed by atoms with Crippen LogP contribution in [0, 0.1) is 0 Å². The van der Waals surface area contributed by atoms with Gasteiger partial charge in [-0.25, -0.2) is 0 Å². The fourth-order valence-electron chi connectivity index (χ4n) is 3.37. The van der Waals surface area contributed by atoms with Crippen LogP contribution in [0.5, 0.6) is 0 Å². The summed E-state index contributed by atoms with van der Waals surface area (Å²) in [5.41, 5.74) is 0. The number of hydrogen-bond acceptors (Lipinski definition) is 0. The van der Waals surface area contributed by atoms with Crippen LogP contribution in [0.3, 0.4) is 0 Å². The van der Waals surface area contributed by atoms with E-state index in [9.17, 15) is 0 Å². The van der Waals surface area contributed by atoms with E-state index < -0.39 is 7.26 Å². The second-order valence-corrected chi connectivity index (χ2v) is 10.8. The minimum atomic E-state index is -0.577. The molecule has 0 N–H and O–H groups in total. The summed E-state index contributed by atoms with van der Waals surface area (Å²) in [5, 5.41) is 0. The van der Waals surface area contributed by atoms with Gasteiger partial charge in [-0.15, -0.1) is 0 Å². The first-order valence-electron chi connectivity index (χ1n) is 9.09. The highest BCUT2D eigenvalue weighted by atomic mass is 79.9. The lowest BCUT2D eigenvalue weighted by Gasteiger charge is -2.27. The number of unbranched alkanes of at least 4 members (excludes halogenated alkanes) is 6. The summed E-state index contributed by atoms with van der Waals surface area (Å²) in [6.45, 7) is 9.46. The highest BCUT2D eigenvalue weighted by Crippen LogP contribution is 2.61. The van der Waals surface area contributed by atoms with Gasteiger partial charge in [0.15, 0.2) is 0 Å². The number of rotatable bonds is 14. The average Bonchev–Trinajstić information content (AvgIpc) is 2.41. The molecule has 0 aromatic rings. The Hall–Kier alpha value is 0.910. The monoisotopic (exact) mass is 366 g/mol. The topological polar surface area (TPSA) is 0 Å². The van der Waals surface area contributed by atoms with Crippen molar-refractivity contribution in [2.24, 2.45) is 0 Å². The Morgan fingerprint density at radius 3 is 1.15 bits per heavy atom. The Morgan fingerprint density at radius 1 is 0.450 bits per heavy atom. The molecule has 0 bridgehead atoms. The summed E-state index contributed by atoms with van der Waals surface area (Å²) in [7, 11) is -0.577. The summed E-state index contributed by atoms with van der Waals surface area (Å²) in [6, 6.07) is 0. The van der Waals surface area contributed by atoms with Crippen molar-refractivity contribution >= 4 is 7.26 Å². The standard InChI is InChI=1S/C18H40P.BrH/c1-5-9-11-13-17-19(15-7-3,16-8-4)18-14-12-10-6-2;/h5-18H2,1-4H3;1H/q+1;/p-1. The largest absolute Gasteiger partial charge is 1.00 e. The van der Waals surface area contributed by atoms with Crippen LogP contribution in [0.2, 0.25) is 0 Å². The van der Waals surface area contributed by atoms with Crippen LogP contribution in [0.4, 0.5) is 0 Å². The molecule has 0 spiro atoms. The van der Waals surface area contributed by atoms with E-state index in [0.717, 1.165) is 0 Å². The van der Waals surface area contributed by atoms with Crippen molar-refractivity contribution in [3.8, 4) is 0 Å². The maximum atomic E-state index is 2.41. The summed E-state index contributed by atoms with van der Waals surface area (Å²) >= 11 is 0. The lowest BCUT2D eigenvalue weighted by atomic mass is 10.2. The maximum Gasteiger partial charge on any atom is 0.0594 e. The quantitative estimate of drug-likeness (QED) is 0.322. The molecule has 124 valence electrons. The first-order valence-corrected chi connectivity index (χ1v) is 11.6. The van der Waals surface area contributed by atoms with Crippen LogP contribution < -0.4 is 17.0 Å². The number of hydrogen-bond donors (Lipinski definition) is 0. The molecule has 0 aliphatic heterocycles. The van der Waals surface area contributed by atoms with Crippen molar-refractivity contribution < 1.29 is 17.0 Å². The molecule has 20 heavy (non-hydrogen) atoms. The molecule has 0 rings (SSSR count). The lowest BCUT2D eigenvalue weighted by Crippen LogP contribution is -3.00. The van der Waals surface area contributed by atoms with Gasteiger partial charge < -0.3 is 17.0 Å². The fourth-order valence-corrected chi connectivity index (χ4v) is 8.40. The van der Waals surface area contributed by atoms with Gasteiger partial charge in [0.05, 0.1) is 24.6 Å². The first kappa shape index (κ1) is 23.2. The Labute approximate surface area is 141 Å². The van der Waals surface area contributed by atoms with Gasteiger partial charge in [0.1, 0.15) is 0 Å². The van der Waals surface area contributed by atoms with E-state index in [4.69, 9.17) is 0 Å². The summed E-state index contributed by atoms with van der Waals surface area (Å²) in [6.07, 6.45) is 20.9. The van der Waals surface area contributed by atoms with Crippen molar-refractivity contribution in [3.63, 3.8) is 0 Å². The van der Waals surface area contributed by atoms with Crippen LogP contribution in [-0.2, 0) is 0 Å². The Kier molecular flexibility index (Phi) is 18.9. The molecule has 0 aromatic heterocycles. The zero-order valence-electron chi connectivity index (χ0n) is 14.7. The third-order valence-electron chi connectivity index (χ3n) is 4.37. The SMILES string of the molecule is CCCCCC[P+](CCC)(CCC)CCCCCC.[Br-]. The molecule has 0 saturated carbocycles. The predicted molar refractivity (Wildman–Crippen MR) is 95.3 cm³/mol. The van der Waals surface area contributed by atoms with Gasteiger partial charge in [-0.05, 0) is 38.5 Å². The zero-order valence-corrected chi connectivity index (χ0v) is 17.2. The van der Waals surface area contributed by atoms with E-state index >= 15 is 0 Å². The molecule has 0 saturated heterocycles. The molecular formula is C18H40BrP. The molecule has 0 aliphatic rings. The molecule has 2 heteroatoms. The Bertz CT molecular complexity index is 162. The molecule has 0 amide bonds. The van der Waals surface area contributed by atoms with E-state index in [0.29, 0.717) is 0 Å². The van der Waals surface area contributed by atoms with Crippen LogP contribution in [0.1, 0.15) is 91.9 Å². The average molecular weight is 367 g/mol. The van der Waals surface area contributed by atoms with Crippen molar-refractivity contribution in [2.75, 3.05) is 24.6 Å². The van der Waals surface area contributed by atoms with Crippen LogP contribution in [0.15, 0.2) is 0 Å². The first-order chi connectivity index (χ1) is 9.24. The smallest absolute Gasteiger partial charge is 0.0594 e. The van der Waals surface area contributed by atoms with Gasteiger partial charge in [0, 0.05) is 7.26 Å². The van der Waals surface area contributed by atoms with Crippen molar-refractivity contribution in [2.45, 2.75) is 91.9 Å². The third-order valence-corrected chi connectivity index (χ3v) is 9.69. The van der Waals surface area contributed by atoms with E-state index in [1.165, 1.54) is 64.2 Å². The zero-order chi connectivity index (χ0) is 14.4. The second kappa shape index (κ2) is 16.3. The molecule has 0 radical (unpaired) electrons. The maximum absolute atomic E-state index is 2.41. The number of halogens is 1. The van der Waals surface area contributed by atoms with Crippen molar-refractivity contribution in [3.05, 3.63) is 0 Å². The Balaban J connectivity index is 0. The van der Waals surface area contributed by atoms with Gasteiger partial charge in [-0.1, -0.05) is 53.4 Å². The molecule has 0 aliphatic carbocycles. The highest BCUT2D eigenvalue weighted by molar-refractivity contribution is 7.75. The minimum Gasteiger partial charge on any atom is -1.00 e. The minimum absolute atomic E-state index is 0. The van der Waals surface area contributed by atoms with Crippen LogP contribution in [0.25, 0.3) is 0 Å². The van der Waals surface area contributed by atoms with E-state index in [1.807, 2.05) is 0 Å². The van der Waals surface area contributed by atoms with Crippen LogP contribution in [-0.4, -0.2) is 24.6 Å². The van der Waals surface area contributed by atoms with Gasteiger partial charge >= 0.3 is 0 Å². The van der Waals surface area contributed by atoms with E-state index in [1.54, 1.807) is 24.6 Å². The van der Waals surface area contributed by atoms with Gasteiger partial charge in [-0.3, -0.25) is 0 Å². The van der Waals surface area contributed by atoms with Crippen LogP contribution >= 0.6 is 7.26 Å². The molecule has 0 nitrogen and oxygen atoms in total. The summed E-state index contributed by atoms with van der Waals surface area (Å²) in [4.78, 5) is 0. The van der Waals surface area contributed by atoms with Gasteiger partial charge in [-0.2, -0.15) is 0 Å². The molecule has 0 heterocycles. The van der Waals surface area contributed by atoms with E-state index in [-0.39, 0.29) is 17.0 Å². The summed E-state index contributed by atoms with van der Waals surface area (Å²) < 4.78 is 0. The normalized spacial score (nSPS) is 11.4. The molecule has 0 aromatic carbocycles. The summed E-state index contributed by atoms with van der Waals surface area (Å²) in [5.74, 6) is 0. The second-order valence-electron chi connectivity index (χ2n) is 6.36. The molecule has 0 fully saturated rings. The van der Waals surface area contributed by atoms with E-state index in [2.05, 4.69) is 27.7 Å². The molecular weight excluding hydrogens is 327 g/mol.